The lowest BCUT2D eigenvalue weighted by Crippen LogP contribution is -2.40. The summed E-state index contributed by atoms with van der Waals surface area (Å²) >= 11 is 0. The Hall–Kier alpha value is -0.300. The molecule has 0 unspecified atom stereocenters. The molecule has 0 spiro atoms. The van der Waals surface area contributed by atoms with Crippen molar-refractivity contribution in [1.82, 2.24) is 15.1 Å². The van der Waals surface area contributed by atoms with Crippen molar-refractivity contribution >= 4 is 29.9 Å². The van der Waals surface area contributed by atoms with Gasteiger partial charge in [0.15, 0.2) is 5.96 Å². The highest BCUT2D eigenvalue weighted by atomic mass is 127. The average molecular weight is 408 g/mol. The second-order valence-electron chi connectivity index (χ2n) is 5.49. The van der Waals surface area contributed by atoms with Crippen molar-refractivity contribution in [2.75, 3.05) is 46.3 Å². The van der Waals surface area contributed by atoms with Crippen LogP contribution in [-0.4, -0.2) is 62.1 Å². The van der Waals surface area contributed by atoms with Gasteiger partial charge in [-0.2, -0.15) is 0 Å². The zero-order valence-electron chi connectivity index (χ0n) is 13.8. The predicted molar refractivity (Wildman–Crippen MR) is 104 cm³/mol. The van der Waals surface area contributed by atoms with E-state index in [-0.39, 0.29) is 24.0 Å². The molecule has 1 aliphatic rings. The van der Waals surface area contributed by atoms with Gasteiger partial charge in [-0.25, -0.2) is 0 Å². The number of hydrogen-bond acceptors (Lipinski definition) is 2. The van der Waals surface area contributed by atoms with E-state index in [1.54, 1.807) is 0 Å². The Morgan fingerprint density at radius 1 is 1.33 bits per heavy atom. The molecular weight excluding hydrogens is 375 g/mol. The maximum Gasteiger partial charge on any atom is 0.193 e. The number of halogens is 1. The van der Waals surface area contributed by atoms with Crippen LogP contribution in [0.5, 0.6) is 0 Å². The first-order valence-electron chi connectivity index (χ1n) is 8.10. The van der Waals surface area contributed by atoms with E-state index in [9.17, 15) is 0 Å². The summed E-state index contributed by atoms with van der Waals surface area (Å²) in [5.41, 5.74) is 0. The molecular formula is C16H33IN4. The summed E-state index contributed by atoms with van der Waals surface area (Å²) in [5.74, 6) is 1.04. The van der Waals surface area contributed by atoms with E-state index in [1.807, 2.05) is 6.08 Å². The van der Waals surface area contributed by atoms with Crippen molar-refractivity contribution in [3.05, 3.63) is 12.7 Å². The molecule has 0 amide bonds. The number of aliphatic imine (C=N–C) groups is 1. The minimum Gasteiger partial charge on any atom is -0.357 e. The number of nitrogens with zero attached hydrogens (tertiary/aromatic N) is 3. The second-order valence-corrected chi connectivity index (χ2v) is 5.49. The standard InChI is InChI=1S/C16H32N4.HI/c1-4-6-8-12-19(3)16(17-5-2)18-11-15-20-13-9-7-10-14-20;/h4H,1,5-15H2,2-3H3,(H,17,18);1H. The highest BCUT2D eigenvalue weighted by molar-refractivity contribution is 14.0. The van der Waals surface area contributed by atoms with Gasteiger partial charge in [-0.1, -0.05) is 12.5 Å². The number of piperidine rings is 1. The summed E-state index contributed by atoms with van der Waals surface area (Å²) in [6.07, 6.45) is 8.28. The zero-order chi connectivity index (χ0) is 14.6. The normalized spacial score (nSPS) is 16.2. The Kier molecular flexibility index (Phi) is 13.2. The van der Waals surface area contributed by atoms with E-state index in [0.29, 0.717) is 0 Å². The smallest absolute Gasteiger partial charge is 0.193 e. The third-order valence-corrected chi connectivity index (χ3v) is 3.72. The maximum absolute atomic E-state index is 4.75. The SMILES string of the molecule is C=CCCCN(C)C(=NCCN1CCCCC1)NCC.I. The first kappa shape index (κ1) is 20.7. The Balaban J connectivity index is 0.00000400. The van der Waals surface area contributed by atoms with Gasteiger partial charge in [-0.15, -0.1) is 30.6 Å². The van der Waals surface area contributed by atoms with Gasteiger partial charge in [0.2, 0.25) is 0 Å². The quantitative estimate of drug-likeness (QED) is 0.220. The van der Waals surface area contributed by atoms with Crippen LogP contribution in [0.3, 0.4) is 0 Å². The fraction of sp³-hybridized carbons (Fsp3) is 0.812. The van der Waals surface area contributed by atoms with Crippen molar-refractivity contribution in [3.63, 3.8) is 0 Å². The molecule has 5 heteroatoms. The summed E-state index contributed by atoms with van der Waals surface area (Å²) in [5, 5.41) is 3.38. The fourth-order valence-electron chi connectivity index (χ4n) is 2.53. The van der Waals surface area contributed by atoms with Crippen molar-refractivity contribution in [2.24, 2.45) is 4.99 Å². The van der Waals surface area contributed by atoms with Crippen LogP contribution in [0.25, 0.3) is 0 Å². The second kappa shape index (κ2) is 13.4. The molecule has 0 atom stereocenters. The summed E-state index contributed by atoms with van der Waals surface area (Å²) in [6.45, 7) is 12.3. The molecule has 21 heavy (non-hydrogen) atoms. The van der Waals surface area contributed by atoms with Crippen molar-refractivity contribution in [1.29, 1.82) is 0 Å². The van der Waals surface area contributed by atoms with Gasteiger partial charge in [0, 0.05) is 26.7 Å². The lowest BCUT2D eigenvalue weighted by Gasteiger charge is -2.26. The average Bonchev–Trinajstić information content (AvgIpc) is 2.47. The van der Waals surface area contributed by atoms with Gasteiger partial charge in [-0.05, 0) is 45.7 Å². The van der Waals surface area contributed by atoms with Crippen LogP contribution in [0, 0.1) is 0 Å². The number of nitrogens with one attached hydrogen (secondary N) is 1. The molecule has 124 valence electrons. The molecule has 0 aromatic rings. The number of hydrogen-bond donors (Lipinski definition) is 1. The molecule has 1 fully saturated rings. The molecule has 1 N–H and O–H groups in total. The molecule has 0 saturated carbocycles. The van der Waals surface area contributed by atoms with Gasteiger partial charge in [0.25, 0.3) is 0 Å². The van der Waals surface area contributed by atoms with E-state index < -0.39 is 0 Å². The molecule has 1 heterocycles. The van der Waals surface area contributed by atoms with E-state index in [1.165, 1.54) is 32.4 Å². The number of guanidine groups is 1. The monoisotopic (exact) mass is 408 g/mol. The number of rotatable bonds is 8. The Bertz CT molecular complexity index is 288. The Morgan fingerprint density at radius 2 is 2.05 bits per heavy atom. The van der Waals surface area contributed by atoms with E-state index >= 15 is 0 Å². The van der Waals surface area contributed by atoms with E-state index in [0.717, 1.165) is 45.0 Å². The largest absolute Gasteiger partial charge is 0.357 e. The molecule has 1 aliphatic heterocycles. The molecule has 0 aliphatic carbocycles. The molecule has 1 rings (SSSR count). The molecule has 4 nitrogen and oxygen atoms in total. The Morgan fingerprint density at radius 3 is 2.67 bits per heavy atom. The van der Waals surface area contributed by atoms with Gasteiger partial charge >= 0.3 is 0 Å². The lowest BCUT2D eigenvalue weighted by atomic mass is 10.1. The molecule has 0 radical (unpaired) electrons. The molecule has 1 saturated heterocycles. The summed E-state index contributed by atoms with van der Waals surface area (Å²) in [7, 11) is 2.12. The summed E-state index contributed by atoms with van der Waals surface area (Å²) in [6, 6.07) is 0. The lowest BCUT2D eigenvalue weighted by molar-refractivity contribution is 0.235. The van der Waals surface area contributed by atoms with Crippen LogP contribution in [0.15, 0.2) is 17.6 Å². The minimum absolute atomic E-state index is 0. The molecule has 0 aromatic heterocycles. The van der Waals surface area contributed by atoms with E-state index in [2.05, 4.69) is 35.7 Å². The van der Waals surface area contributed by atoms with Gasteiger partial charge in [-0.3, -0.25) is 4.99 Å². The van der Waals surface area contributed by atoms with Gasteiger partial charge < -0.3 is 15.1 Å². The topological polar surface area (TPSA) is 30.9 Å². The fourth-order valence-corrected chi connectivity index (χ4v) is 2.53. The van der Waals surface area contributed by atoms with Crippen LogP contribution >= 0.6 is 24.0 Å². The number of allylic oxidation sites excluding steroid dienone is 1. The van der Waals surface area contributed by atoms with Crippen LogP contribution in [0.2, 0.25) is 0 Å². The van der Waals surface area contributed by atoms with E-state index in [4.69, 9.17) is 4.99 Å². The predicted octanol–water partition coefficient (Wildman–Crippen LogP) is 2.95. The van der Waals surface area contributed by atoms with Crippen LogP contribution in [-0.2, 0) is 0 Å². The third-order valence-electron chi connectivity index (χ3n) is 3.72. The number of likely N-dealkylation sites (tertiary alicyclic amines) is 1. The third kappa shape index (κ3) is 9.34. The van der Waals surface area contributed by atoms with Gasteiger partial charge in [0.05, 0.1) is 6.54 Å². The maximum atomic E-state index is 4.75. The van der Waals surface area contributed by atoms with Crippen LogP contribution in [0.1, 0.15) is 39.0 Å². The highest BCUT2D eigenvalue weighted by Gasteiger charge is 2.09. The van der Waals surface area contributed by atoms with Crippen molar-refractivity contribution in [2.45, 2.75) is 39.0 Å². The first-order chi connectivity index (χ1) is 9.77. The van der Waals surface area contributed by atoms with Crippen molar-refractivity contribution in [3.8, 4) is 0 Å². The van der Waals surface area contributed by atoms with Crippen LogP contribution in [0.4, 0.5) is 0 Å². The van der Waals surface area contributed by atoms with Crippen molar-refractivity contribution < 1.29 is 0 Å². The number of unbranched alkanes of at least 4 members (excludes halogenated alkanes) is 1. The van der Waals surface area contributed by atoms with Crippen LogP contribution < -0.4 is 5.32 Å². The Labute approximate surface area is 148 Å². The zero-order valence-corrected chi connectivity index (χ0v) is 16.1. The van der Waals surface area contributed by atoms with Gasteiger partial charge in [0.1, 0.15) is 0 Å². The molecule has 0 bridgehead atoms. The molecule has 0 aromatic carbocycles. The summed E-state index contributed by atoms with van der Waals surface area (Å²) in [4.78, 5) is 9.51. The summed E-state index contributed by atoms with van der Waals surface area (Å²) < 4.78 is 0. The first-order valence-corrected chi connectivity index (χ1v) is 8.10. The minimum atomic E-state index is 0. The highest BCUT2D eigenvalue weighted by Crippen LogP contribution is 2.07.